The maximum absolute atomic E-state index is 13.1. The normalized spacial score (nSPS) is 15.2. The fraction of sp³-hybridized carbons (Fsp3) is 0.227. The second kappa shape index (κ2) is 8.62. The molecule has 1 aromatic heterocycles. The van der Waals surface area contributed by atoms with Gasteiger partial charge in [-0.1, -0.05) is 0 Å². The van der Waals surface area contributed by atoms with Crippen LogP contribution in [0.1, 0.15) is 39.7 Å². The molecule has 0 spiro atoms. The fourth-order valence-electron chi connectivity index (χ4n) is 3.40. The van der Waals surface area contributed by atoms with E-state index in [0.717, 1.165) is 17.7 Å². The molecule has 4 rings (SSSR count). The smallest absolute Gasteiger partial charge is 0.257 e. The molecule has 2 amide bonds. The van der Waals surface area contributed by atoms with E-state index in [9.17, 15) is 14.0 Å². The van der Waals surface area contributed by atoms with Gasteiger partial charge in [0.25, 0.3) is 5.91 Å². The number of methoxy groups -OCH3 is 1. The van der Waals surface area contributed by atoms with E-state index in [1.807, 2.05) is 0 Å². The van der Waals surface area contributed by atoms with Gasteiger partial charge >= 0.3 is 0 Å². The van der Waals surface area contributed by atoms with Gasteiger partial charge in [-0.3, -0.25) is 14.9 Å². The highest BCUT2D eigenvalue weighted by Gasteiger charge is 2.30. The average Bonchev–Trinajstić information content (AvgIpc) is 3.17. The molecular formula is C22H20FN3O3S. The Hall–Kier alpha value is -3.26. The number of fused-ring (bicyclic) bond motifs is 1. The molecule has 0 fully saturated rings. The molecule has 0 saturated heterocycles. The van der Waals surface area contributed by atoms with Crippen molar-refractivity contribution in [2.75, 3.05) is 17.7 Å². The minimum absolute atomic E-state index is 0.180. The van der Waals surface area contributed by atoms with Crippen molar-refractivity contribution in [3.05, 3.63) is 70.5 Å². The van der Waals surface area contributed by atoms with Gasteiger partial charge in [0.1, 0.15) is 11.6 Å². The molecule has 0 radical (unpaired) electrons. The zero-order valence-corrected chi connectivity index (χ0v) is 17.1. The number of nitrogens with zero attached hydrogens (tertiary/aromatic N) is 1. The highest BCUT2D eigenvalue weighted by atomic mass is 32.1. The van der Waals surface area contributed by atoms with Crippen molar-refractivity contribution in [3.63, 3.8) is 0 Å². The fourth-order valence-corrected chi connectivity index (χ4v) is 4.46. The van der Waals surface area contributed by atoms with Gasteiger partial charge in [-0.2, -0.15) is 0 Å². The number of anilines is 2. The van der Waals surface area contributed by atoms with Crippen molar-refractivity contribution >= 4 is 34.0 Å². The highest BCUT2D eigenvalue weighted by molar-refractivity contribution is 7.16. The molecule has 1 aliphatic rings. The number of hydrogen-bond donors (Lipinski definition) is 2. The first-order chi connectivity index (χ1) is 14.5. The number of ether oxygens (including phenoxy) is 1. The van der Waals surface area contributed by atoms with Crippen LogP contribution >= 0.6 is 11.3 Å². The van der Waals surface area contributed by atoms with Crippen LogP contribution in [0.4, 0.5) is 15.2 Å². The summed E-state index contributed by atoms with van der Waals surface area (Å²) in [5, 5.41) is 6.12. The van der Waals surface area contributed by atoms with Crippen molar-refractivity contribution in [1.82, 2.24) is 4.98 Å². The highest BCUT2D eigenvalue weighted by Crippen LogP contribution is 2.37. The Morgan fingerprint density at radius 2 is 1.83 bits per heavy atom. The third kappa shape index (κ3) is 4.33. The monoisotopic (exact) mass is 425 g/mol. The Labute approximate surface area is 177 Å². The number of nitrogens with one attached hydrogen (secondary N) is 2. The van der Waals surface area contributed by atoms with Crippen LogP contribution < -0.4 is 15.4 Å². The Balaban J connectivity index is 1.48. The van der Waals surface area contributed by atoms with E-state index < -0.39 is 5.92 Å². The summed E-state index contributed by atoms with van der Waals surface area (Å²) in [6.07, 6.45) is 2.37. The molecule has 1 heterocycles. The van der Waals surface area contributed by atoms with Gasteiger partial charge in [-0.25, -0.2) is 9.37 Å². The lowest BCUT2D eigenvalue weighted by molar-refractivity contribution is -0.117. The molecule has 3 aromatic rings. The van der Waals surface area contributed by atoms with Crippen LogP contribution in [0.25, 0.3) is 0 Å². The SMILES string of the molecule is COc1ccc(C(=O)Nc2nc3c(s2)CCC[C@H]3C(=O)Nc2ccc(F)cc2)cc1. The lowest BCUT2D eigenvalue weighted by Gasteiger charge is -2.20. The second-order valence-corrected chi connectivity index (χ2v) is 8.03. The zero-order valence-electron chi connectivity index (χ0n) is 16.3. The summed E-state index contributed by atoms with van der Waals surface area (Å²) in [6.45, 7) is 0. The maximum Gasteiger partial charge on any atom is 0.257 e. The number of carbonyl (C=O) groups excluding carboxylic acids is 2. The Morgan fingerprint density at radius 1 is 1.10 bits per heavy atom. The molecule has 0 aliphatic heterocycles. The van der Waals surface area contributed by atoms with E-state index in [4.69, 9.17) is 4.74 Å². The van der Waals surface area contributed by atoms with Gasteiger partial charge in [0.05, 0.1) is 18.7 Å². The molecular weight excluding hydrogens is 405 g/mol. The second-order valence-electron chi connectivity index (χ2n) is 6.95. The summed E-state index contributed by atoms with van der Waals surface area (Å²) in [4.78, 5) is 30.9. The van der Waals surface area contributed by atoms with Crippen LogP contribution in [-0.4, -0.2) is 23.9 Å². The number of rotatable bonds is 5. The lowest BCUT2D eigenvalue weighted by atomic mass is 9.90. The zero-order chi connectivity index (χ0) is 21.1. The van der Waals surface area contributed by atoms with Crippen molar-refractivity contribution in [2.24, 2.45) is 0 Å². The summed E-state index contributed by atoms with van der Waals surface area (Å²) in [5.41, 5.74) is 1.74. The molecule has 154 valence electrons. The first-order valence-corrected chi connectivity index (χ1v) is 10.4. The standard InChI is InChI=1S/C22H20FN3O3S/c1-29-16-11-5-13(6-12-16)20(27)26-22-25-19-17(3-2-4-18(19)30-22)21(28)24-15-9-7-14(23)8-10-15/h5-12,17H,2-4H2,1H3,(H,24,28)(H,25,26,27)/t17-/m1/s1. The predicted molar refractivity (Wildman–Crippen MR) is 114 cm³/mol. The topological polar surface area (TPSA) is 80.3 Å². The van der Waals surface area contributed by atoms with E-state index in [1.54, 1.807) is 31.4 Å². The predicted octanol–water partition coefficient (Wildman–Crippen LogP) is 4.60. The van der Waals surface area contributed by atoms with Crippen LogP contribution in [0.15, 0.2) is 48.5 Å². The van der Waals surface area contributed by atoms with Crippen molar-refractivity contribution < 1.29 is 18.7 Å². The van der Waals surface area contributed by atoms with Crippen molar-refractivity contribution in [2.45, 2.75) is 25.2 Å². The summed E-state index contributed by atoms with van der Waals surface area (Å²) in [7, 11) is 1.57. The largest absolute Gasteiger partial charge is 0.497 e. The minimum Gasteiger partial charge on any atom is -0.497 e. The van der Waals surface area contributed by atoms with Crippen molar-refractivity contribution in [3.8, 4) is 5.75 Å². The van der Waals surface area contributed by atoms with Crippen LogP contribution in [-0.2, 0) is 11.2 Å². The Kier molecular flexibility index (Phi) is 5.76. The number of thiazole rings is 1. The van der Waals surface area contributed by atoms with E-state index in [1.165, 1.54) is 35.6 Å². The van der Waals surface area contributed by atoms with E-state index in [-0.39, 0.29) is 17.6 Å². The van der Waals surface area contributed by atoms with Gasteiger partial charge in [0, 0.05) is 16.1 Å². The van der Waals surface area contributed by atoms with E-state index in [2.05, 4.69) is 15.6 Å². The van der Waals surface area contributed by atoms with Gasteiger partial charge in [-0.05, 0) is 67.8 Å². The first kappa shape index (κ1) is 20.0. The lowest BCUT2D eigenvalue weighted by Crippen LogP contribution is -2.24. The van der Waals surface area contributed by atoms with Crippen molar-refractivity contribution in [1.29, 1.82) is 0 Å². The number of aromatic nitrogens is 1. The third-order valence-electron chi connectivity index (χ3n) is 4.96. The summed E-state index contributed by atoms with van der Waals surface area (Å²) in [5.74, 6) is -0.533. The molecule has 30 heavy (non-hydrogen) atoms. The molecule has 0 saturated carbocycles. The minimum atomic E-state index is -0.401. The van der Waals surface area contributed by atoms with Crippen LogP contribution in [0.3, 0.4) is 0 Å². The summed E-state index contributed by atoms with van der Waals surface area (Å²) < 4.78 is 18.2. The first-order valence-electron chi connectivity index (χ1n) is 9.55. The molecule has 2 aromatic carbocycles. The number of hydrogen-bond acceptors (Lipinski definition) is 5. The van der Waals surface area contributed by atoms with Crippen LogP contribution in [0.5, 0.6) is 5.75 Å². The van der Waals surface area contributed by atoms with Crippen LogP contribution in [0.2, 0.25) is 0 Å². The van der Waals surface area contributed by atoms with E-state index in [0.29, 0.717) is 34.2 Å². The van der Waals surface area contributed by atoms with E-state index >= 15 is 0 Å². The molecule has 1 atom stereocenters. The molecule has 0 unspecified atom stereocenters. The summed E-state index contributed by atoms with van der Waals surface area (Å²) in [6, 6.07) is 12.5. The van der Waals surface area contributed by atoms with Gasteiger partial charge in [0.2, 0.25) is 5.91 Å². The maximum atomic E-state index is 13.1. The third-order valence-corrected chi connectivity index (χ3v) is 6.00. The molecule has 8 heteroatoms. The average molecular weight is 425 g/mol. The van der Waals surface area contributed by atoms with Gasteiger partial charge in [0.15, 0.2) is 5.13 Å². The number of halogens is 1. The molecule has 1 aliphatic carbocycles. The van der Waals surface area contributed by atoms with Gasteiger partial charge in [-0.15, -0.1) is 11.3 Å². The molecule has 6 nitrogen and oxygen atoms in total. The van der Waals surface area contributed by atoms with Gasteiger partial charge < -0.3 is 10.1 Å². The molecule has 0 bridgehead atoms. The quantitative estimate of drug-likeness (QED) is 0.626. The number of carbonyl (C=O) groups is 2. The number of aryl methyl sites for hydroxylation is 1. The Bertz CT molecular complexity index is 1060. The Morgan fingerprint density at radius 3 is 2.53 bits per heavy atom. The summed E-state index contributed by atoms with van der Waals surface area (Å²) >= 11 is 1.40. The molecule has 2 N–H and O–H groups in total. The number of amides is 2. The number of benzene rings is 2. The van der Waals surface area contributed by atoms with Crippen LogP contribution in [0, 0.1) is 5.82 Å².